The molecule has 5 heteroatoms. The second-order valence-corrected chi connectivity index (χ2v) is 6.88. The van der Waals surface area contributed by atoms with Crippen molar-refractivity contribution in [3.05, 3.63) is 35.9 Å². The van der Waals surface area contributed by atoms with Gasteiger partial charge in [0.25, 0.3) is 0 Å². The predicted octanol–water partition coefficient (Wildman–Crippen LogP) is 3.02. The van der Waals surface area contributed by atoms with Gasteiger partial charge in [0, 0.05) is 19.6 Å². The summed E-state index contributed by atoms with van der Waals surface area (Å²) in [6, 6.07) is 12.1. The Morgan fingerprint density at radius 3 is 2.61 bits per heavy atom. The van der Waals surface area contributed by atoms with Gasteiger partial charge in [0.2, 0.25) is 0 Å². The van der Waals surface area contributed by atoms with Crippen LogP contribution in [0.25, 0.3) is 0 Å². The largest absolute Gasteiger partial charge is 0.444 e. The average Bonchev–Trinajstić information content (AvgIpc) is 2.69. The van der Waals surface area contributed by atoms with Gasteiger partial charge in [0.1, 0.15) is 11.6 Å². The number of benzene rings is 1. The van der Waals surface area contributed by atoms with Crippen LogP contribution in [0.4, 0.5) is 4.79 Å². The lowest BCUT2D eigenvalue weighted by Crippen LogP contribution is -2.43. The van der Waals surface area contributed by atoms with Crippen LogP contribution >= 0.6 is 0 Å². The van der Waals surface area contributed by atoms with E-state index in [-0.39, 0.29) is 12.1 Å². The highest BCUT2D eigenvalue weighted by molar-refractivity contribution is 5.68. The van der Waals surface area contributed by atoms with Crippen LogP contribution in [0.1, 0.15) is 32.8 Å². The predicted molar refractivity (Wildman–Crippen MR) is 88.7 cm³/mol. The molecular weight excluding hydrogens is 290 g/mol. The van der Waals surface area contributed by atoms with Crippen LogP contribution in [0.5, 0.6) is 0 Å². The summed E-state index contributed by atoms with van der Waals surface area (Å²) in [6.07, 6.45) is 0.504. The second kappa shape index (κ2) is 7.47. The summed E-state index contributed by atoms with van der Waals surface area (Å²) in [5.74, 6) is 0. The summed E-state index contributed by atoms with van der Waals surface area (Å²) in [7, 11) is 0. The van der Waals surface area contributed by atoms with Crippen molar-refractivity contribution in [1.29, 1.82) is 5.26 Å². The molecule has 1 aliphatic rings. The SMILES string of the molecule is CC(C)(C)OC(=O)N1CCCN(Cc2ccccc2)C(C#N)C1. The molecule has 1 atom stereocenters. The molecule has 124 valence electrons. The molecule has 0 aromatic heterocycles. The van der Waals surface area contributed by atoms with E-state index in [9.17, 15) is 10.1 Å². The first kappa shape index (κ1) is 17.3. The zero-order chi connectivity index (χ0) is 16.9. The van der Waals surface area contributed by atoms with Crippen molar-refractivity contribution in [2.24, 2.45) is 0 Å². The fourth-order valence-corrected chi connectivity index (χ4v) is 2.66. The molecule has 1 fully saturated rings. The fraction of sp³-hybridized carbons (Fsp3) is 0.556. The molecule has 1 aromatic rings. The number of carbonyl (C=O) groups is 1. The van der Waals surface area contributed by atoms with Gasteiger partial charge >= 0.3 is 6.09 Å². The summed E-state index contributed by atoms with van der Waals surface area (Å²) in [5, 5.41) is 9.53. The number of carbonyl (C=O) groups excluding carboxylic acids is 1. The molecule has 1 amide bonds. The third kappa shape index (κ3) is 5.26. The molecule has 2 rings (SSSR count). The molecule has 0 saturated carbocycles. The van der Waals surface area contributed by atoms with Crippen molar-refractivity contribution in [3.63, 3.8) is 0 Å². The number of rotatable bonds is 2. The number of nitrogens with zero attached hydrogens (tertiary/aromatic N) is 3. The maximum atomic E-state index is 12.3. The van der Waals surface area contributed by atoms with E-state index in [4.69, 9.17) is 4.74 Å². The first-order valence-electron chi connectivity index (χ1n) is 8.04. The van der Waals surface area contributed by atoms with Crippen LogP contribution in [-0.2, 0) is 11.3 Å². The molecular formula is C18H25N3O2. The summed E-state index contributed by atoms with van der Waals surface area (Å²) >= 11 is 0. The van der Waals surface area contributed by atoms with E-state index in [0.717, 1.165) is 19.5 Å². The van der Waals surface area contributed by atoms with Crippen LogP contribution in [0, 0.1) is 11.3 Å². The monoisotopic (exact) mass is 315 g/mol. The Bertz CT molecular complexity index is 560. The van der Waals surface area contributed by atoms with Gasteiger partial charge in [0.05, 0.1) is 12.6 Å². The maximum absolute atomic E-state index is 12.3. The number of ether oxygens (including phenoxy) is 1. The van der Waals surface area contributed by atoms with Crippen molar-refractivity contribution in [3.8, 4) is 6.07 Å². The van der Waals surface area contributed by atoms with Crippen LogP contribution in [0.3, 0.4) is 0 Å². The fourth-order valence-electron chi connectivity index (χ4n) is 2.66. The standard InChI is InChI=1S/C18H25N3O2/c1-18(2,3)23-17(22)21-11-7-10-20(16(12-19)14-21)13-15-8-5-4-6-9-15/h4-6,8-9,16H,7,10-11,13-14H2,1-3H3. The second-order valence-electron chi connectivity index (χ2n) is 6.88. The van der Waals surface area contributed by atoms with Gasteiger partial charge in [-0.05, 0) is 32.8 Å². The quantitative estimate of drug-likeness (QED) is 0.842. The number of nitriles is 1. The molecule has 1 aromatic carbocycles. The van der Waals surface area contributed by atoms with Gasteiger partial charge in [-0.2, -0.15) is 5.26 Å². The zero-order valence-electron chi connectivity index (χ0n) is 14.2. The van der Waals surface area contributed by atoms with Gasteiger partial charge in [-0.15, -0.1) is 0 Å². The number of hydrogen-bond acceptors (Lipinski definition) is 4. The van der Waals surface area contributed by atoms with E-state index in [1.165, 1.54) is 5.56 Å². The maximum Gasteiger partial charge on any atom is 0.410 e. The Labute approximate surface area is 138 Å². The van der Waals surface area contributed by atoms with Gasteiger partial charge < -0.3 is 9.64 Å². The smallest absolute Gasteiger partial charge is 0.410 e. The highest BCUT2D eigenvalue weighted by Crippen LogP contribution is 2.17. The van der Waals surface area contributed by atoms with E-state index in [0.29, 0.717) is 13.1 Å². The van der Waals surface area contributed by atoms with E-state index in [1.54, 1.807) is 4.90 Å². The van der Waals surface area contributed by atoms with E-state index < -0.39 is 5.60 Å². The Morgan fingerprint density at radius 2 is 2.00 bits per heavy atom. The normalized spacial score (nSPS) is 19.7. The molecule has 1 heterocycles. The van der Waals surface area contributed by atoms with E-state index >= 15 is 0 Å². The first-order valence-corrected chi connectivity index (χ1v) is 8.04. The summed E-state index contributed by atoms with van der Waals surface area (Å²) < 4.78 is 5.44. The molecule has 23 heavy (non-hydrogen) atoms. The first-order chi connectivity index (χ1) is 10.9. The van der Waals surface area contributed by atoms with Crippen LogP contribution < -0.4 is 0 Å². The minimum Gasteiger partial charge on any atom is -0.444 e. The Morgan fingerprint density at radius 1 is 1.30 bits per heavy atom. The van der Waals surface area contributed by atoms with Crippen molar-refractivity contribution in [1.82, 2.24) is 9.80 Å². The molecule has 0 bridgehead atoms. The third-order valence-electron chi connectivity index (χ3n) is 3.74. The molecule has 5 nitrogen and oxygen atoms in total. The van der Waals surface area contributed by atoms with Gasteiger partial charge in [0.15, 0.2) is 0 Å². The Balaban J connectivity index is 2.03. The minimum absolute atomic E-state index is 0.315. The van der Waals surface area contributed by atoms with Crippen molar-refractivity contribution in [2.75, 3.05) is 19.6 Å². The van der Waals surface area contributed by atoms with E-state index in [2.05, 4.69) is 23.1 Å². The van der Waals surface area contributed by atoms with Gasteiger partial charge in [-0.25, -0.2) is 4.79 Å². The topological polar surface area (TPSA) is 56.6 Å². The van der Waals surface area contributed by atoms with Gasteiger partial charge in [-0.3, -0.25) is 4.90 Å². The lowest BCUT2D eigenvalue weighted by Gasteiger charge is -2.29. The lowest BCUT2D eigenvalue weighted by atomic mass is 10.1. The zero-order valence-corrected chi connectivity index (χ0v) is 14.2. The van der Waals surface area contributed by atoms with Crippen LogP contribution in [0.15, 0.2) is 30.3 Å². The number of amides is 1. The highest BCUT2D eigenvalue weighted by atomic mass is 16.6. The molecule has 1 unspecified atom stereocenters. The number of hydrogen-bond donors (Lipinski definition) is 0. The Kier molecular flexibility index (Phi) is 5.62. The van der Waals surface area contributed by atoms with Crippen LogP contribution in [-0.4, -0.2) is 47.2 Å². The lowest BCUT2D eigenvalue weighted by molar-refractivity contribution is 0.0244. The molecule has 0 spiro atoms. The summed E-state index contributed by atoms with van der Waals surface area (Å²) in [6.45, 7) is 8.09. The molecule has 0 aliphatic carbocycles. The van der Waals surface area contributed by atoms with Crippen molar-refractivity contribution in [2.45, 2.75) is 45.4 Å². The summed E-state index contributed by atoms with van der Waals surface area (Å²) in [5.41, 5.74) is 0.661. The van der Waals surface area contributed by atoms with Gasteiger partial charge in [-0.1, -0.05) is 30.3 Å². The van der Waals surface area contributed by atoms with Crippen molar-refractivity contribution >= 4 is 6.09 Å². The minimum atomic E-state index is -0.519. The summed E-state index contributed by atoms with van der Waals surface area (Å²) in [4.78, 5) is 16.1. The highest BCUT2D eigenvalue weighted by Gasteiger charge is 2.30. The van der Waals surface area contributed by atoms with Crippen molar-refractivity contribution < 1.29 is 9.53 Å². The van der Waals surface area contributed by atoms with E-state index in [1.807, 2.05) is 39.0 Å². The molecule has 0 radical (unpaired) electrons. The molecule has 1 saturated heterocycles. The third-order valence-corrected chi connectivity index (χ3v) is 3.74. The molecule has 0 N–H and O–H groups in total. The van der Waals surface area contributed by atoms with Crippen LogP contribution in [0.2, 0.25) is 0 Å². The molecule has 1 aliphatic heterocycles. The Hall–Kier alpha value is -2.06. The average molecular weight is 315 g/mol.